The zero-order chi connectivity index (χ0) is 38.0. The molecule has 2 N–H and O–H groups in total. The first-order valence-electron chi connectivity index (χ1n) is 18.6. The highest BCUT2D eigenvalue weighted by molar-refractivity contribution is 14.1. The predicted molar refractivity (Wildman–Crippen MR) is 229 cm³/mol. The van der Waals surface area contributed by atoms with E-state index < -0.39 is 11.1 Å². The second-order valence-corrected chi connectivity index (χ2v) is 18.8. The summed E-state index contributed by atoms with van der Waals surface area (Å²) in [6.07, 6.45) is 12.5. The lowest BCUT2D eigenvalue weighted by atomic mass is 9.64. The molecular weight excluding hydrogens is 971 g/mol. The summed E-state index contributed by atoms with van der Waals surface area (Å²) < 4.78 is 26.9. The van der Waals surface area contributed by atoms with Crippen LogP contribution >= 0.6 is 78.4 Å². The monoisotopic (exact) mass is 1010 g/mol. The van der Waals surface area contributed by atoms with Crippen molar-refractivity contribution in [2.24, 2.45) is 15.8 Å². The van der Waals surface area contributed by atoms with Gasteiger partial charge in [0, 0.05) is 50.8 Å². The molecule has 4 bridgehead atoms. The molecular formula is C39H45Br2IN4O6S2. The van der Waals surface area contributed by atoms with Crippen LogP contribution in [-0.2, 0) is 30.1 Å². The number of carbonyl (C=O) groups excluding carboxylic acids is 2. The standard InChI is InChI=1S/C20H23BrN2O3S.C18H19BrN2O3S.CH3I/c1-23-17(24)20(22-18(23)27-2)10-16(19-7-5-13(6-8-19)25-11-19)26-15-4-3-12(21)9-14(15)20;19-10-1-2-13-12(7-10)18(15(22)20-16(25)21-18)8-14(24-13)17-5-3-11(4-6-17)23-9-17;1-2/h3-4,9,13,16H,5-8,10-11H2,1-2H3;1-2,7,11,14H,3-6,8-9H2,(H2,20,21,22,25);1H3. The highest BCUT2D eigenvalue weighted by atomic mass is 127. The number of halogens is 3. The van der Waals surface area contributed by atoms with Crippen LogP contribution in [0.2, 0.25) is 0 Å². The maximum absolute atomic E-state index is 13.5. The van der Waals surface area contributed by atoms with E-state index in [4.69, 9.17) is 36.2 Å². The largest absolute Gasteiger partial charge is 0.489 e. The maximum atomic E-state index is 13.5. The van der Waals surface area contributed by atoms with Crippen molar-refractivity contribution in [2.45, 2.75) is 99.7 Å². The van der Waals surface area contributed by atoms with Crippen LogP contribution in [0.4, 0.5) is 0 Å². The summed E-state index contributed by atoms with van der Waals surface area (Å²) in [6.45, 7) is 1.45. The fourth-order valence-electron chi connectivity index (χ4n) is 10.0. The molecule has 8 heterocycles. The third-order valence-corrected chi connectivity index (χ3v) is 15.0. The molecule has 8 aliphatic heterocycles. The van der Waals surface area contributed by atoms with Crippen molar-refractivity contribution in [3.63, 3.8) is 0 Å². The summed E-state index contributed by atoms with van der Waals surface area (Å²) in [7, 11) is 1.82. The molecule has 10 aliphatic rings. The number of alkyl halides is 1. The van der Waals surface area contributed by atoms with Gasteiger partial charge < -0.3 is 29.6 Å². The number of fused-ring (bicyclic) bond motifs is 10. The number of thiocarbonyl (C=S) groups is 1. The summed E-state index contributed by atoms with van der Waals surface area (Å²) in [5, 5.41) is 7.19. The van der Waals surface area contributed by atoms with Gasteiger partial charge in [0.1, 0.15) is 23.7 Å². The van der Waals surface area contributed by atoms with Crippen molar-refractivity contribution in [3.8, 4) is 11.5 Å². The van der Waals surface area contributed by atoms with Gasteiger partial charge in [-0.2, -0.15) is 0 Å². The van der Waals surface area contributed by atoms with Gasteiger partial charge in [0.2, 0.25) is 0 Å². The first kappa shape index (κ1) is 39.3. The zero-order valence-electron chi connectivity index (χ0n) is 30.6. The molecule has 2 saturated carbocycles. The van der Waals surface area contributed by atoms with Crippen LogP contribution in [0.25, 0.3) is 0 Å². The first-order valence-corrected chi connectivity index (χ1v) is 24.0. The molecule has 15 heteroatoms. The minimum atomic E-state index is -0.891. The zero-order valence-corrected chi connectivity index (χ0v) is 37.5. The molecule has 0 aromatic heterocycles. The number of hydrogen-bond acceptors (Lipinski definition) is 9. The van der Waals surface area contributed by atoms with E-state index in [9.17, 15) is 9.59 Å². The van der Waals surface area contributed by atoms with Crippen LogP contribution in [0, 0.1) is 10.8 Å². The van der Waals surface area contributed by atoms with Gasteiger partial charge in [0.15, 0.2) is 21.4 Å². The van der Waals surface area contributed by atoms with Crippen LogP contribution in [-0.4, -0.2) is 82.9 Å². The summed E-state index contributed by atoms with van der Waals surface area (Å²) in [4.78, 5) is 35.0. The van der Waals surface area contributed by atoms with E-state index in [2.05, 4.69) is 65.1 Å². The summed E-state index contributed by atoms with van der Waals surface area (Å²) >= 11 is 16.0. The number of thioether (sulfide) groups is 1. The topological polar surface area (TPSA) is 111 Å². The maximum Gasteiger partial charge on any atom is 0.261 e. The molecule has 54 heavy (non-hydrogen) atoms. The lowest BCUT2D eigenvalue weighted by Crippen LogP contribution is -2.58. The van der Waals surface area contributed by atoms with E-state index >= 15 is 0 Å². The average molecular weight is 1020 g/mol. The molecule has 2 aliphatic carbocycles. The van der Waals surface area contributed by atoms with E-state index in [1.54, 1.807) is 4.90 Å². The van der Waals surface area contributed by atoms with Gasteiger partial charge in [-0.15, -0.1) is 0 Å². The lowest BCUT2D eigenvalue weighted by molar-refractivity contribution is -0.164. The Bertz CT molecular complexity index is 1860. The van der Waals surface area contributed by atoms with Crippen LogP contribution in [0.3, 0.4) is 0 Å². The van der Waals surface area contributed by atoms with E-state index in [-0.39, 0.29) is 34.9 Å². The van der Waals surface area contributed by atoms with Gasteiger partial charge in [-0.1, -0.05) is 66.2 Å². The van der Waals surface area contributed by atoms with E-state index in [0.29, 0.717) is 30.2 Å². The minimum Gasteiger partial charge on any atom is -0.489 e. The highest BCUT2D eigenvalue weighted by Gasteiger charge is 2.60. The Morgan fingerprint density at radius 1 is 0.852 bits per heavy atom. The lowest BCUT2D eigenvalue weighted by Gasteiger charge is -2.53. The number of aliphatic imine (C=N–C) groups is 1. The van der Waals surface area contributed by atoms with Gasteiger partial charge >= 0.3 is 0 Å². The number of rotatable bonds is 2. The number of hydrogen-bond donors (Lipinski definition) is 2. The number of nitrogens with one attached hydrogen (secondary N) is 2. The van der Waals surface area contributed by atoms with Gasteiger partial charge in [0.05, 0.1) is 25.4 Å². The molecule has 2 aromatic rings. The van der Waals surface area contributed by atoms with E-state index in [1.165, 1.54) is 11.8 Å². The van der Waals surface area contributed by atoms with E-state index in [0.717, 1.165) is 101 Å². The van der Waals surface area contributed by atoms with Crippen molar-refractivity contribution in [1.82, 2.24) is 15.5 Å². The Hall–Kier alpha value is -1.50. The van der Waals surface area contributed by atoms with Crippen molar-refractivity contribution in [3.05, 3.63) is 56.5 Å². The third kappa shape index (κ3) is 6.45. The Morgan fingerprint density at radius 3 is 1.83 bits per heavy atom. The predicted octanol–water partition coefficient (Wildman–Crippen LogP) is 7.76. The summed E-state index contributed by atoms with van der Waals surface area (Å²) in [5.41, 5.74) is -0.0599. The summed E-state index contributed by atoms with van der Waals surface area (Å²) in [5.74, 6) is 1.49. The van der Waals surface area contributed by atoms with Crippen LogP contribution in [0.1, 0.15) is 75.3 Å². The van der Waals surface area contributed by atoms with Gasteiger partial charge in [-0.05, 0) is 111 Å². The molecule has 2 aromatic carbocycles. The van der Waals surface area contributed by atoms with Gasteiger partial charge in [-0.25, -0.2) is 4.99 Å². The molecule has 7 fully saturated rings. The smallest absolute Gasteiger partial charge is 0.261 e. The van der Waals surface area contributed by atoms with Gasteiger partial charge in [-0.3, -0.25) is 14.5 Å². The molecule has 0 radical (unpaired) electrons. The fourth-order valence-corrected chi connectivity index (χ4v) is 11.6. The van der Waals surface area contributed by atoms with Crippen molar-refractivity contribution < 1.29 is 28.5 Å². The van der Waals surface area contributed by atoms with Crippen molar-refractivity contribution >= 4 is 101 Å². The molecule has 12 rings (SSSR count). The Labute approximate surface area is 356 Å². The molecule has 4 unspecified atom stereocenters. The molecule has 5 saturated heterocycles. The van der Waals surface area contributed by atoms with Crippen LogP contribution < -0.4 is 20.1 Å². The minimum absolute atomic E-state index is 0.0109. The first-order chi connectivity index (χ1) is 26.0. The SMILES string of the molecule is CI.CSC1=NC2(CC(C34CCC(CC3)OC4)Oc3ccc(Br)cc32)C(=O)N1C.O=C1NC(=S)NC12CC(C13CCC(CC1)OC3)Oc1ccc(Br)cc12. The molecule has 2 amide bonds. The van der Waals surface area contributed by atoms with Crippen molar-refractivity contribution in [2.75, 3.05) is 31.4 Å². The number of amidine groups is 1. The van der Waals surface area contributed by atoms with Crippen LogP contribution in [0.5, 0.6) is 11.5 Å². The summed E-state index contributed by atoms with van der Waals surface area (Å²) in [6, 6.07) is 11.8. The second-order valence-electron chi connectivity index (χ2n) is 15.8. The molecule has 4 atom stereocenters. The normalized spacial score (nSPS) is 36.8. The van der Waals surface area contributed by atoms with E-state index in [1.807, 2.05) is 54.6 Å². The highest BCUT2D eigenvalue weighted by Crippen LogP contribution is 2.56. The molecule has 2 spiro atoms. The Kier molecular flexibility index (Phi) is 10.9. The van der Waals surface area contributed by atoms with Crippen molar-refractivity contribution in [1.29, 1.82) is 0 Å². The number of benzene rings is 2. The Morgan fingerprint density at radius 2 is 1.37 bits per heavy atom. The number of nitrogens with zero attached hydrogens (tertiary/aromatic N) is 2. The Balaban J connectivity index is 0.000000147. The number of likely N-dealkylation sites (N-methyl/N-ethyl adjacent to an activating group) is 1. The average Bonchev–Trinajstić information content (AvgIpc) is 3.63. The number of carbonyl (C=O) groups is 2. The van der Waals surface area contributed by atoms with Gasteiger partial charge in [0.25, 0.3) is 11.8 Å². The number of ether oxygens (including phenoxy) is 4. The van der Waals surface area contributed by atoms with Crippen LogP contribution in [0.15, 0.2) is 50.3 Å². The quantitative estimate of drug-likeness (QED) is 0.177. The molecule has 10 nitrogen and oxygen atoms in total. The fraction of sp³-hybridized carbons (Fsp3) is 0.590. The third-order valence-electron chi connectivity index (χ3n) is 13.1. The molecule has 290 valence electrons. The number of amides is 2. The second kappa shape index (κ2) is 15.0.